The second-order valence-electron chi connectivity index (χ2n) is 2.87. The molecule has 0 saturated carbocycles. The summed E-state index contributed by atoms with van der Waals surface area (Å²) >= 11 is 0. The van der Waals surface area contributed by atoms with Crippen LogP contribution in [0.2, 0.25) is 0 Å². The van der Waals surface area contributed by atoms with Gasteiger partial charge < -0.3 is 10.8 Å². The van der Waals surface area contributed by atoms with Gasteiger partial charge in [-0.2, -0.15) is 5.10 Å². The lowest BCUT2D eigenvalue weighted by Crippen LogP contribution is -2.10. The first-order valence-corrected chi connectivity index (χ1v) is 4.16. The van der Waals surface area contributed by atoms with Gasteiger partial charge in [-0.05, 0) is 12.1 Å². The average molecular weight is 177 g/mol. The molecule has 2 rings (SSSR count). The number of nitrogens with zero attached hydrogens (tertiary/aromatic N) is 2. The number of rotatable bonds is 2. The molecule has 3 N–H and O–H groups in total. The first-order valence-electron chi connectivity index (χ1n) is 4.16. The molecule has 2 aromatic rings. The van der Waals surface area contributed by atoms with Gasteiger partial charge in [0.15, 0.2) is 0 Å². The fourth-order valence-corrected chi connectivity index (χ4v) is 1.39. The van der Waals surface area contributed by atoms with Gasteiger partial charge in [-0.3, -0.25) is 4.68 Å². The minimum atomic E-state index is 0.265. The molecule has 68 valence electrons. The van der Waals surface area contributed by atoms with Crippen molar-refractivity contribution in [3.8, 4) is 5.75 Å². The quantitative estimate of drug-likeness (QED) is 0.709. The summed E-state index contributed by atoms with van der Waals surface area (Å²) in [5, 5.41) is 14.4. The summed E-state index contributed by atoms with van der Waals surface area (Å²) in [5.41, 5.74) is 6.35. The molecule has 0 fully saturated rings. The van der Waals surface area contributed by atoms with Crippen LogP contribution in [0.15, 0.2) is 24.4 Å². The number of aromatic hydroxyl groups is 1. The molecule has 0 aliphatic heterocycles. The van der Waals surface area contributed by atoms with Crippen LogP contribution in [0.25, 0.3) is 10.9 Å². The Hall–Kier alpha value is -1.55. The molecule has 13 heavy (non-hydrogen) atoms. The van der Waals surface area contributed by atoms with Crippen molar-refractivity contribution in [1.82, 2.24) is 9.78 Å². The zero-order valence-corrected chi connectivity index (χ0v) is 7.14. The fourth-order valence-electron chi connectivity index (χ4n) is 1.39. The largest absolute Gasteiger partial charge is 0.507 e. The summed E-state index contributed by atoms with van der Waals surface area (Å²) < 4.78 is 1.79. The summed E-state index contributed by atoms with van der Waals surface area (Å²) in [6.45, 7) is 1.22. The second-order valence-corrected chi connectivity index (χ2v) is 2.87. The molecule has 1 aromatic carbocycles. The first-order chi connectivity index (χ1) is 6.33. The van der Waals surface area contributed by atoms with E-state index in [9.17, 15) is 5.11 Å². The van der Waals surface area contributed by atoms with Crippen LogP contribution in [0.4, 0.5) is 0 Å². The number of fused-ring (bicyclic) bond motifs is 1. The molecule has 0 atom stereocenters. The minimum absolute atomic E-state index is 0.265. The highest BCUT2D eigenvalue weighted by Crippen LogP contribution is 2.23. The van der Waals surface area contributed by atoms with Crippen LogP contribution >= 0.6 is 0 Å². The van der Waals surface area contributed by atoms with Crippen LogP contribution in [0.3, 0.4) is 0 Å². The van der Waals surface area contributed by atoms with E-state index in [4.69, 9.17) is 5.73 Å². The molecule has 0 unspecified atom stereocenters. The van der Waals surface area contributed by atoms with Gasteiger partial charge in [0.05, 0.1) is 23.6 Å². The maximum Gasteiger partial charge on any atom is 0.126 e. The highest BCUT2D eigenvalue weighted by Gasteiger charge is 2.04. The lowest BCUT2D eigenvalue weighted by atomic mass is 10.2. The Morgan fingerprint density at radius 2 is 2.31 bits per heavy atom. The number of hydrogen-bond donors (Lipinski definition) is 2. The van der Waals surface area contributed by atoms with Crippen LogP contribution in [0.1, 0.15) is 0 Å². The van der Waals surface area contributed by atoms with Crippen molar-refractivity contribution in [1.29, 1.82) is 0 Å². The molecule has 0 aliphatic rings. The third-order valence-corrected chi connectivity index (χ3v) is 2.01. The van der Waals surface area contributed by atoms with Crippen molar-refractivity contribution in [3.05, 3.63) is 24.4 Å². The number of aromatic nitrogens is 2. The van der Waals surface area contributed by atoms with Crippen LogP contribution in [0.5, 0.6) is 5.75 Å². The molecular formula is C9H11N3O. The lowest BCUT2D eigenvalue weighted by Gasteiger charge is -2.00. The highest BCUT2D eigenvalue weighted by molar-refractivity contribution is 5.84. The Bertz CT molecular complexity index is 422. The van der Waals surface area contributed by atoms with E-state index < -0.39 is 0 Å². The summed E-state index contributed by atoms with van der Waals surface area (Å²) in [4.78, 5) is 0. The smallest absolute Gasteiger partial charge is 0.126 e. The SMILES string of the molecule is NCCn1ncc2c(O)cccc21. The molecule has 0 saturated heterocycles. The predicted molar refractivity (Wildman–Crippen MR) is 50.5 cm³/mol. The van der Waals surface area contributed by atoms with Gasteiger partial charge in [0.1, 0.15) is 5.75 Å². The molecule has 4 nitrogen and oxygen atoms in total. The van der Waals surface area contributed by atoms with Crippen molar-refractivity contribution >= 4 is 10.9 Å². The zero-order valence-electron chi connectivity index (χ0n) is 7.14. The maximum absolute atomic E-state index is 9.47. The molecule has 0 radical (unpaired) electrons. The second kappa shape index (κ2) is 3.06. The predicted octanol–water partition coefficient (Wildman–Crippen LogP) is 0.701. The standard InChI is InChI=1S/C9H11N3O/c10-4-5-12-8-2-1-3-9(13)7(8)6-11-12/h1-3,6,13H,4-5,10H2. The number of benzene rings is 1. The number of nitrogens with two attached hydrogens (primary N) is 1. The average Bonchev–Trinajstić information content (AvgIpc) is 2.51. The van der Waals surface area contributed by atoms with Crippen molar-refractivity contribution in [2.75, 3.05) is 6.54 Å². The van der Waals surface area contributed by atoms with Gasteiger partial charge in [-0.1, -0.05) is 6.07 Å². The van der Waals surface area contributed by atoms with Gasteiger partial charge in [0.25, 0.3) is 0 Å². The molecule has 1 heterocycles. The van der Waals surface area contributed by atoms with Gasteiger partial charge in [0, 0.05) is 6.54 Å². The number of hydrogen-bond acceptors (Lipinski definition) is 3. The van der Waals surface area contributed by atoms with Crippen LogP contribution in [0, 0.1) is 0 Å². The molecular weight excluding hydrogens is 166 g/mol. The van der Waals surface area contributed by atoms with E-state index in [1.54, 1.807) is 23.0 Å². The minimum Gasteiger partial charge on any atom is -0.507 e. The lowest BCUT2D eigenvalue weighted by molar-refractivity contribution is 0.481. The summed E-state index contributed by atoms with van der Waals surface area (Å²) in [5.74, 6) is 0.265. The van der Waals surface area contributed by atoms with Gasteiger partial charge in [0.2, 0.25) is 0 Å². The normalized spacial score (nSPS) is 10.8. The molecule has 1 aromatic heterocycles. The zero-order chi connectivity index (χ0) is 9.26. The van der Waals surface area contributed by atoms with E-state index in [1.807, 2.05) is 6.07 Å². The van der Waals surface area contributed by atoms with Gasteiger partial charge in [-0.25, -0.2) is 0 Å². The van der Waals surface area contributed by atoms with E-state index >= 15 is 0 Å². The van der Waals surface area contributed by atoms with E-state index in [2.05, 4.69) is 5.10 Å². The molecule has 0 aliphatic carbocycles. The molecule has 0 bridgehead atoms. The van der Waals surface area contributed by atoms with Crippen LogP contribution in [-0.4, -0.2) is 21.4 Å². The summed E-state index contributed by atoms with van der Waals surface area (Å²) in [7, 11) is 0. The third-order valence-electron chi connectivity index (χ3n) is 2.01. The summed E-state index contributed by atoms with van der Waals surface area (Å²) in [6.07, 6.45) is 1.65. The monoisotopic (exact) mass is 177 g/mol. The Labute approximate surface area is 75.6 Å². The van der Waals surface area contributed by atoms with E-state index in [-0.39, 0.29) is 5.75 Å². The number of phenolic OH excluding ortho intramolecular Hbond substituents is 1. The van der Waals surface area contributed by atoms with Gasteiger partial charge in [-0.15, -0.1) is 0 Å². The van der Waals surface area contributed by atoms with E-state index in [0.29, 0.717) is 13.1 Å². The molecule has 4 heteroatoms. The molecule has 0 spiro atoms. The Balaban J connectivity index is 2.61. The van der Waals surface area contributed by atoms with Crippen molar-refractivity contribution < 1.29 is 5.11 Å². The first kappa shape index (κ1) is 8.07. The number of phenols is 1. The van der Waals surface area contributed by atoms with Gasteiger partial charge >= 0.3 is 0 Å². The van der Waals surface area contributed by atoms with Crippen molar-refractivity contribution in [2.45, 2.75) is 6.54 Å². The van der Waals surface area contributed by atoms with Crippen LogP contribution < -0.4 is 5.73 Å². The topological polar surface area (TPSA) is 64.1 Å². The molecule has 0 amide bonds. The Kier molecular flexibility index (Phi) is 1.90. The van der Waals surface area contributed by atoms with Crippen molar-refractivity contribution in [2.24, 2.45) is 5.73 Å². The Morgan fingerprint density at radius 3 is 3.08 bits per heavy atom. The Morgan fingerprint density at radius 1 is 1.46 bits per heavy atom. The highest BCUT2D eigenvalue weighted by atomic mass is 16.3. The maximum atomic E-state index is 9.47. The fraction of sp³-hybridized carbons (Fsp3) is 0.222. The summed E-state index contributed by atoms with van der Waals surface area (Å²) in [6, 6.07) is 5.36. The van der Waals surface area contributed by atoms with E-state index in [0.717, 1.165) is 10.9 Å². The third kappa shape index (κ3) is 1.25. The van der Waals surface area contributed by atoms with E-state index in [1.165, 1.54) is 0 Å². The van der Waals surface area contributed by atoms with Crippen molar-refractivity contribution in [3.63, 3.8) is 0 Å². The van der Waals surface area contributed by atoms with Crippen LogP contribution in [-0.2, 0) is 6.54 Å².